The molecule has 17 heavy (non-hydrogen) atoms. The molecule has 1 rings (SSSR count). The monoisotopic (exact) mass is 257 g/mol. The van der Waals surface area contributed by atoms with E-state index in [1.54, 1.807) is 6.07 Å². The number of unbranched alkanes of at least 4 members (excludes halogenated alkanes) is 1. The lowest BCUT2D eigenvalue weighted by molar-refractivity contribution is 0.0599. The molecular formula is C13H20ClNO2. The van der Waals surface area contributed by atoms with Crippen molar-refractivity contribution < 1.29 is 9.53 Å². The Kier molecular flexibility index (Phi) is 7.59. The first-order chi connectivity index (χ1) is 7.70. The third-order valence-corrected chi connectivity index (χ3v) is 2.63. The van der Waals surface area contributed by atoms with Gasteiger partial charge in [-0.05, 0) is 18.1 Å². The molecule has 0 aliphatic heterocycles. The van der Waals surface area contributed by atoms with Crippen LogP contribution < -0.4 is 5.73 Å². The fourth-order valence-corrected chi connectivity index (χ4v) is 1.70. The molecule has 0 saturated carbocycles. The summed E-state index contributed by atoms with van der Waals surface area (Å²) in [4.78, 5) is 11.5. The quantitative estimate of drug-likeness (QED) is 0.825. The molecule has 4 heteroatoms. The smallest absolute Gasteiger partial charge is 0.338 e. The van der Waals surface area contributed by atoms with Gasteiger partial charge in [0.15, 0.2) is 0 Å². The van der Waals surface area contributed by atoms with Crippen LogP contribution in [0.2, 0.25) is 0 Å². The first-order valence-corrected chi connectivity index (χ1v) is 5.63. The summed E-state index contributed by atoms with van der Waals surface area (Å²) in [6.07, 6.45) is 3.06. The lowest BCUT2D eigenvalue weighted by atomic mass is 9.97. The van der Waals surface area contributed by atoms with Crippen molar-refractivity contribution >= 4 is 18.4 Å². The predicted molar refractivity (Wildman–Crippen MR) is 71.5 cm³/mol. The lowest BCUT2D eigenvalue weighted by Crippen LogP contribution is -2.15. The summed E-state index contributed by atoms with van der Waals surface area (Å²) in [7, 11) is 1.39. The third kappa shape index (κ3) is 4.36. The molecule has 2 N–H and O–H groups in total. The van der Waals surface area contributed by atoms with Gasteiger partial charge >= 0.3 is 5.97 Å². The minimum Gasteiger partial charge on any atom is -0.465 e. The number of hydrogen-bond donors (Lipinski definition) is 1. The van der Waals surface area contributed by atoms with Gasteiger partial charge in [0, 0.05) is 6.04 Å². The van der Waals surface area contributed by atoms with E-state index in [0.29, 0.717) is 5.56 Å². The summed E-state index contributed by atoms with van der Waals surface area (Å²) in [6, 6.07) is 7.28. The summed E-state index contributed by atoms with van der Waals surface area (Å²) < 4.78 is 4.74. The molecule has 96 valence electrons. The van der Waals surface area contributed by atoms with Crippen molar-refractivity contribution in [2.45, 2.75) is 32.2 Å². The van der Waals surface area contributed by atoms with Gasteiger partial charge in [-0.25, -0.2) is 4.79 Å². The Morgan fingerprint density at radius 2 is 2.06 bits per heavy atom. The van der Waals surface area contributed by atoms with Crippen molar-refractivity contribution in [3.63, 3.8) is 0 Å². The van der Waals surface area contributed by atoms with Gasteiger partial charge in [0.1, 0.15) is 0 Å². The van der Waals surface area contributed by atoms with Gasteiger partial charge in [0.25, 0.3) is 0 Å². The van der Waals surface area contributed by atoms with Gasteiger partial charge < -0.3 is 10.5 Å². The first kappa shape index (κ1) is 15.9. The zero-order chi connectivity index (χ0) is 12.0. The number of carbonyl (C=O) groups excluding carboxylic acids is 1. The van der Waals surface area contributed by atoms with E-state index < -0.39 is 0 Å². The maximum atomic E-state index is 11.5. The molecule has 0 fully saturated rings. The topological polar surface area (TPSA) is 52.3 Å². The standard InChI is InChI=1S/C13H19NO2.ClH/c1-3-4-9-12(14)10-7-5-6-8-11(10)13(15)16-2;/h5-8,12H,3-4,9,14H2,1-2H3;1H/t12-;/m0./s1. The number of methoxy groups -OCH3 is 1. The van der Waals surface area contributed by atoms with Crippen LogP contribution in [0.3, 0.4) is 0 Å². The van der Waals surface area contributed by atoms with E-state index in [1.165, 1.54) is 7.11 Å². The van der Waals surface area contributed by atoms with Crippen molar-refractivity contribution in [3.05, 3.63) is 35.4 Å². The Labute approximate surface area is 109 Å². The maximum Gasteiger partial charge on any atom is 0.338 e. The van der Waals surface area contributed by atoms with Crippen molar-refractivity contribution in [2.75, 3.05) is 7.11 Å². The van der Waals surface area contributed by atoms with Crippen LogP contribution in [0.5, 0.6) is 0 Å². The van der Waals surface area contributed by atoms with Gasteiger partial charge in [-0.1, -0.05) is 38.0 Å². The van der Waals surface area contributed by atoms with Crippen LogP contribution in [0.15, 0.2) is 24.3 Å². The minimum atomic E-state index is -0.317. The highest BCUT2D eigenvalue weighted by Gasteiger charge is 2.15. The Balaban J connectivity index is 0.00000256. The van der Waals surface area contributed by atoms with Gasteiger partial charge in [-0.3, -0.25) is 0 Å². The van der Waals surface area contributed by atoms with Gasteiger partial charge in [-0.2, -0.15) is 0 Å². The second-order valence-corrected chi connectivity index (χ2v) is 3.83. The van der Waals surface area contributed by atoms with Crippen LogP contribution >= 0.6 is 12.4 Å². The fraction of sp³-hybridized carbons (Fsp3) is 0.462. The Morgan fingerprint density at radius 1 is 1.41 bits per heavy atom. The van der Waals surface area contributed by atoms with Crippen LogP contribution in [-0.4, -0.2) is 13.1 Å². The lowest BCUT2D eigenvalue weighted by Gasteiger charge is -2.14. The Bertz CT molecular complexity index is 355. The van der Waals surface area contributed by atoms with Crippen LogP contribution in [-0.2, 0) is 4.74 Å². The summed E-state index contributed by atoms with van der Waals surface area (Å²) in [5.74, 6) is -0.317. The number of nitrogens with two attached hydrogens (primary N) is 1. The van der Waals surface area contributed by atoms with Gasteiger partial charge in [-0.15, -0.1) is 12.4 Å². The predicted octanol–water partition coefficient (Wildman–Crippen LogP) is 3.09. The highest BCUT2D eigenvalue weighted by molar-refractivity contribution is 5.91. The molecule has 1 aromatic carbocycles. The number of rotatable bonds is 5. The van der Waals surface area contributed by atoms with Crippen LogP contribution in [0.4, 0.5) is 0 Å². The second-order valence-electron chi connectivity index (χ2n) is 3.83. The Morgan fingerprint density at radius 3 is 2.65 bits per heavy atom. The molecule has 0 spiro atoms. The molecule has 1 atom stereocenters. The normalized spacial score (nSPS) is 11.5. The maximum absolute atomic E-state index is 11.5. The van der Waals surface area contributed by atoms with Crippen LogP contribution in [0.1, 0.15) is 48.1 Å². The van der Waals surface area contributed by atoms with E-state index in [2.05, 4.69) is 6.92 Å². The average molecular weight is 258 g/mol. The molecule has 0 heterocycles. The molecule has 0 aromatic heterocycles. The average Bonchev–Trinajstić information content (AvgIpc) is 2.35. The van der Waals surface area contributed by atoms with Crippen molar-refractivity contribution in [2.24, 2.45) is 5.73 Å². The number of halogens is 1. The van der Waals surface area contributed by atoms with Crippen molar-refractivity contribution in [1.82, 2.24) is 0 Å². The molecule has 0 unspecified atom stereocenters. The SMILES string of the molecule is CCCC[C@H](N)c1ccccc1C(=O)OC.Cl. The van der Waals surface area contributed by atoms with Crippen LogP contribution in [0.25, 0.3) is 0 Å². The van der Waals surface area contributed by atoms with Gasteiger partial charge in [0.05, 0.1) is 12.7 Å². The molecule has 0 amide bonds. The fourth-order valence-electron chi connectivity index (χ4n) is 1.70. The molecule has 1 aromatic rings. The van der Waals surface area contributed by atoms with Gasteiger partial charge in [0.2, 0.25) is 0 Å². The largest absolute Gasteiger partial charge is 0.465 e. The summed E-state index contributed by atoms with van der Waals surface area (Å²) >= 11 is 0. The Hall–Kier alpha value is -1.06. The van der Waals surface area contributed by atoms with E-state index in [4.69, 9.17) is 10.5 Å². The van der Waals surface area contributed by atoms with E-state index in [0.717, 1.165) is 24.8 Å². The molecule has 3 nitrogen and oxygen atoms in total. The van der Waals surface area contributed by atoms with Crippen molar-refractivity contribution in [1.29, 1.82) is 0 Å². The third-order valence-electron chi connectivity index (χ3n) is 2.63. The molecular weight excluding hydrogens is 238 g/mol. The molecule has 0 saturated heterocycles. The zero-order valence-corrected chi connectivity index (χ0v) is 11.1. The zero-order valence-electron chi connectivity index (χ0n) is 10.3. The molecule has 0 aliphatic rings. The molecule has 0 radical (unpaired) electrons. The van der Waals surface area contributed by atoms with E-state index >= 15 is 0 Å². The second kappa shape index (κ2) is 8.09. The van der Waals surface area contributed by atoms with Crippen molar-refractivity contribution in [3.8, 4) is 0 Å². The number of ether oxygens (including phenoxy) is 1. The number of benzene rings is 1. The molecule has 0 bridgehead atoms. The first-order valence-electron chi connectivity index (χ1n) is 5.63. The highest BCUT2D eigenvalue weighted by Crippen LogP contribution is 2.21. The molecule has 0 aliphatic carbocycles. The summed E-state index contributed by atoms with van der Waals surface area (Å²) in [5, 5.41) is 0. The number of carbonyl (C=O) groups is 1. The number of esters is 1. The minimum absolute atomic E-state index is 0. The van der Waals surface area contributed by atoms with Crippen LogP contribution in [0, 0.1) is 0 Å². The summed E-state index contributed by atoms with van der Waals surface area (Å²) in [5.41, 5.74) is 7.52. The van der Waals surface area contributed by atoms with E-state index in [-0.39, 0.29) is 24.4 Å². The number of hydrogen-bond acceptors (Lipinski definition) is 3. The summed E-state index contributed by atoms with van der Waals surface area (Å²) in [6.45, 7) is 2.12. The highest BCUT2D eigenvalue weighted by atomic mass is 35.5. The van der Waals surface area contributed by atoms with E-state index in [9.17, 15) is 4.79 Å². The van der Waals surface area contributed by atoms with E-state index in [1.807, 2.05) is 18.2 Å².